The molecule has 1 aromatic carbocycles. The van der Waals surface area contributed by atoms with Gasteiger partial charge in [-0.15, -0.1) is 0 Å². The summed E-state index contributed by atoms with van der Waals surface area (Å²) in [6.07, 6.45) is 1.21. The van der Waals surface area contributed by atoms with Crippen molar-refractivity contribution < 1.29 is 18.6 Å². The molecule has 2 aromatic rings. The quantitative estimate of drug-likeness (QED) is 0.764. The Hall–Kier alpha value is -2.39. The van der Waals surface area contributed by atoms with E-state index in [-0.39, 0.29) is 22.1 Å². The molecular weight excluding hydrogens is 284 g/mol. The predicted octanol–water partition coefficient (Wildman–Crippen LogP) is 0.0435. The largest absolute Gasteiger partial charge is 0.481 e. The molecule has 0 aliphatic rings. The number of aromatic nitrogens is 2. The second-order valence-electron chi connectivity index (χ2n) is 3.62. The number of rotatable bonds is 4. The smallest absolute Gasteiger partial charge is 0.263 e. The molecule has 20 heavy (non-hydrogen) atoms. The third-order valence-electron chi connectivity index (χ3n) is 2.28. The highest BCUT2D eigenvalue weighted by Gasteiger charge is 2.15. The number of nitrogen functional groups attached to an aromatic ring is 1. The van der Waals surface area contributed by atoms with Crippen LogP contribution in [-0.4, -0.2) is 31.0 Å². The van der Waals surface area contributed by atoms with Gasteiger partial charge in [0.1, 0.15) is 12.1 Å². The van der Waals surface area contributed by atoms with Gasteiger partial charge in [0.15, 0.2) is 0 Å². The van der Waals surface area contributed by atoms with Gasteiger partial charge in [0, 0.05) is 11.8 Å². The molecule has 108 valence electrons. The van der Waals surface area contributed by atoms with Crippen molar-refractivity contribution in [1.29, 1.82) is 0 Å². The van der Waals surface area contributed by atoms with Gasteiger partial charge in [0.05, 0.1) is 12.0 Å². The van der Waals surface area contributed by atoms with E-state index in [0.717, 1.165) is 0 Å². The van der Waals surface area contributed by atoms with Gasteiger partial charge in [-0.2, -0.15) is 0 Å². The number of nitrogens with one attached hydrogen (secondary N) is 1. The minimum absolute atomic E-state index is 0. The summed E-state index contributed by atoms with van der Waals surface area (Å²) in [5.41, 5.74) is 6.00. The zero-order valence-corrected chi connectivity index (χ0v) is 11.4. The molecule has 0 aliphatic heterocycles. The van der Waals surface area contributed by atoms with E-state index in [4.69, 9.17) is 10.5 Å². The SMILES string of the molecule is COc1cc(NS(=O)(=O)c2ccc(N)cc2)ncn1.O. The zero-order chi connectivity index (χ0) is 13.9. The summed E-state index contributed by atoms with van der Waals surface area (Å²) < 4.78 is 31.3. The number of anilines is 2. The normalized spacial score (nSPS) is 10.4. The number of ether oxygens (including phenoxy) is 1. The molecule has 5 N–H and O–H groups in total. The molecule has 0 radical (unpaired) electrons. The Labute approximate surface area is 116 Å². The molecule has 0 spiro atoms. The lowest BCUT2D eigenvalue weighted by Crippen LogP contribution is -2.14. The van der Waals surface area contributed by atoms with Crippen LogP contribution < -0.4 is 15.2 Å². The molecule has 9 heteroatoms. The lowest BCUT2D eigenvalue weighted by molar-refractivity contribution is 0.397. The molecule has 0 fully saturated rings. The van der Waals surface area contributed by atoms with Crippen molar-refractivity contribution in [2.24, 2.45) is 0 Å². The minimum atomic E-state index is -3.71. The van der Waals surface area contributed by atoms with E-state index in [1.165, 1.54) is 43.8 Å². The molecule has 1 heterocycles. The maximum Gasteiger partial charge on any atom is 0.263 e. The molecule has 0 saturated carbocycles. The van der Waals surface area contributed by atoms with Gasteiger partial charge in [-0.3, -0.25) is 4.72 Å². The van der Waals surface area contributed by atoms with Gasteiger partial charge in [-0.1, -0.05) is 0 Å². The van der Waals surface area contributed by atoms with Crippen molar-refractivity contribution in [2.75, 3.05) is 17.6 Å². The molecule has 1 aromatic heterocycles. The lowest BCUT2D eigenvalue weighted by atomic mass is 10.3. The number of hydrogen-bond donors (Lipinski definition) is 2. The first kappa shape index (κ1) is 15.7. The maximum absolute atomic E-state index is 12.1. The number of methoxy groups -OCH3 is 1. The summed E-state index contributed by atoms with van der Waals surface area (Å²) in [4.78, 5) is 7.69. The van der Waals surface area contributed by atoms with E-state index in [1.807, 2.05) is 0 Å². The predicted molar refractivity (Wildman–Crippen MR) is 73.9 cm³/mol. The lowest BCUT2D eigenvalue weighted by Gasteiger charge is -2.08. The fraction of sp³-hybridized carbons (Fsp3) is 0.0909. The number of hydrogen-bond acceptors (Lipinski definition) is 6. The maximum atomic E-state index is 12.1. The van der Waals surface area contributed by atoms with Crippen molar-refractivity contribution >= 4 is 21.5 Å². The fourth-order valence-corrected chi connectivity index (χ4v) is 2.35. The average molecular weight is 298 g/mol. The highest BCUT2D eigenvalue weighted by atomic mass is 32.2. The summed E-state index contributed by atoms with van der Waals surface area (Å²) in [6.45, 7) is 0. The van der Waals surface area contributed by atoms with Crippen LogP contribution in [0.25, 0.3) is 0 Å². The highest BCUT2D eigenvalue weighted by molar-refractivity contribution is 7.92. The Balaban J connectivity index is 0.00000200. The molecule has 0 amide bonds. The summed E-state index contributed by atoms with van der Waals surface area (Å²) in [7, 11) is -2.28. The van der Waals surface area contributed by atoms with E-state index in [1.54, 1.807) is 0 Å². The Bertz CT molecular complexity index is 673. The molecule has 0 aliphatic carbocycles. The standard InChI is InChI=1S/C11H12N4O3S.H2O/c1-18-11-6-10(13-7-14-11)15-19(16,17)9-4-2-8(12)3-5-9;/h2-7H,12H2,1H3,(H,13,14,15);1H2. The molecule has 8 nitrogen and oxygen atoms in total. The Kier molecular flexibility index (Phi) is 4.83. The Morgan fingerprint density at radius 3 is 2.45 bits per heavy atom. The molecule has 0 bridgehead atoms. The molecule has 0 atom stereocenters. The van der Waals surface area contributed by atoms with Crippen molar-refractivity contribution in [3.8, 4) is 5.88 Å². The average Bonchev–Trinajstić information content (AvgIpc) is 2.39. The van der Waals surface area contributed by atoms with E-state index < -0.39 is 10.0 Å². The van der Waals surface area contributed by atoms with Crippen LogP contribution in [-0.2, 0) is 10.0 Å². The van der Waals surface area contributed by atoms with Gasteiger partial charge in [0.2, 0.25) is 5.88 Å². The van der Waals surface area contributed by atoms with Gasteiger partial charge >= 0.3 is 0 Å². The number of nitrogens with zero attached hydrogens (tertiary/aromatic N) is 2. The van der Waals surface area contributed by atoms with E-state index >= 15 is 0 Å². The summed E-state index contributed by atoms with van der Waals surface area (Å²) in [5.74, 6) is 0.397. The number of nitrogens with two attached hydrogens (primary N) is 1. The van der Waals surface area contributed by atoms with Crippen LogP contribution >= 0.6 is 0 Å². The molecular formula is C11H14N4O4S. The van der Waals surface area contributed by atoms with E-state index in [0.29, 0.717) is 5.69 Å². The second-order valence-corrected chi connectivity index (χ2v) is 5.30. The van der Waals surface area contributed by atoms with Crippen LogP contribution in [0.2, 0.25) is 0 Å². The summed E-state index contributed by atoms with van der Waals surface area (Å²) >= 11 is 0. The number of benzene rings is 1. The van der Waals surface area contributed by atoms with Crippen LogP contribution in [0.3, 0.4) is 0 Å². The van der Waals surface area contributed by atoms with Gasteiger partial charge < -0.3 is 15.9 Å². The Morgan fingerprint density at radius 1 is 1.20 bits per heavy atom. The second kappa shape index (κ2) is 6.17. The van der Waals surface area contributed by atoms with Gasteiger partial charge in [0.25, 0.3) is 10.0 Å². The number of sulfonamides is 1. The van der Waals surface area contributed by atoms with E-state index in [9.17, 15) is 8.42 Å². The third-order valence-corrected chi connectivity index (χ3v) is 3.65. The zero-order valence-electron chi connectivity index (χ0n) is 10.6. The molecule has 0 unspecified atom stereocenters. The first-order chi connectivity index (χ1) is 9.01. The Morgan fingerprint density at radius 2 is 1.85 bits per heavy atom. The van der Waals surface area contributed by atoms with Crippen molar-refractivity contribution in [2.45, 2.75) is 4.90 Å². The van der Waals surface area contributed by atoms with E-state index in [2.05, 4.69) is 14.7 Å². The van der Waals surface area contributed by atoms with Crippen LogP contribution in [0.1, 0.15) is 0 Å². The topological polar surface area (TPSA) is 139 Å². The van der Waals surface area contributed by atoms with Crippen LogP contribution in [0.5, 0.6) is 5.88 Å². The fourth-order valence-electron chi connectivity index (χ4n) is 1.35. The van der Waals surface area contributed by atoms with Crippen LogP contribution in [0, 0.1) is 0 Å². The third kappa shape index (κ3) is 3.56. The van der Waals surface area contributed by atoms with Crippen LogP contribution in [0.4, 0.5) is 11.5 Å². The molecule has 2 rings (SSSR count). The van der Waals surface area contributed by atoms with Gasteiger partial charge in [-0.25, -0.2) is 18.4 Å². The first-order valence-electron chi connectivity index (χ1n) is 5.25. The van der Waals surface area contributed by atoms with Crippen LogP contribution in [0.15, 0.2) is 41.6 Å². The minimum Gasteiger partial charge on any atom is -0.481 e. The first-order valence-corrected chi connectivity index (χ1v) is 6.74. The molecule has 0 saturated heterocycles. The van der Waals surface area contributed by atoms with Crippen molar-refractivity contribution in [1.82, 2.24) is 9.97 Å². The van der Waals surface area contributed by atoms with Gasteiger partial charge in [-0.05, 0) is 24.3 Å². The highest BCUT2D eigenvalue weighted by Crippen LogP contribution is 2.17. The van der Waals surface area contributed by atoms with Crippen molar-refractivity contribution in [3.63, 3.8) is 0 Å². The summed E-state index contributed by atoms with van der Waals surface area (Å²) in [5, 5.41) is 0. The monoisotopic (exact) mass is 298 g/mol. The van der Waals surface area contributed by atoms with Crippen molar-refractivity contribution in [3.05, 3.63) is 36.7 Å². The summed E-state index contributed by atoms with van der Waals surface area (Å²) in [6, 6.07) is 7.23.